The van der Waals surface area contributed by atoms with Crippen LogP contribution in [-0.2, 0) is 9.59 Å². The van der Waals surface area contributed by atoms with Crippen LogP contribution in [0.2, 0.25) is 0 Å². The van der Waals surface area contributed by atoms with E-state index in [-0.39, 0.29) is 11.6 Å². The first-order valence-corrected chi connectivity index (χ1v) is 18.6. The maximum Gasteiger partial charge on any atom is 0.272 e. The number of hydrogen-bond donors (Lipinski definition) is 3. The molecule has 0 aliphatic rings. The minimum Gasteiger partial charge on any atom is -0.457 e. The van der Waals surface area contributed by atoms with Gasteiger partial charge in [-0.2, -0.15) is 0 Å². The number of thioether (sulfide) groups is 1. The van der Waals surface area contributed by atoms with Gasteiger partial charge in [-0.05, 0) is 78.4 Å². The van der Waals surface area contributed by atoms with Crippen LogP contribution in [0.5, 0.6) is 0 Å². The zero-order chi connectivity index (χ0) is 35.9. The van der Waals surface area contributed by atoms with Crippen LogP contribution >= 0.6 is 39.0 Å². The van der Waals surface area contributed by atoms with Crippen LogP contribution in [0.3, 0.4) is 0 Å². The predicted molar refractivity (Wildman–Crippen MR) is 212 cm³/mol. The Morgan fingerprint density at radius 1 is 0.750 bits per heavy atom. The molecule has 2 aromatic heterocycles. The summed E-state index contributed by atoms with van der Waals surface area (Å²) in [5.41, 5.74) is 3.44. The van der Waals surface area contributed by atoms with Crippen molar-refractivity contribution >= 4 is 83.9 Å². The van der Waals surface area contributed by atoms with Crippen LogP contribution in [0.4, 0.5) is 10.8 Å². The Morgan fingerprint density at radius 2 is 1.44 bits per heavy atom. The minimum absolute atomic E-state index is 0.000305. The lowest BCUT2D eigenvalue weighted by Gasteiger charge is -2.16. The number of halogens is 1. The summed E-state index contributed by atoms with van der Waals surface area (Å²) in [6.07, 6.45) is 1.50. The monoisotopic (exact) mass is 784 g/mol. The van der Waals surface area contributed by atoms with Crippen LogP contribution < -0.4 is 16.0 Å². The van der Waals surface area contributed by atoms with Gasteiger partial charge in [-0.1, -0.05) is 100 Å². The number of carbonyl (C=O) groups is 3. The molecule has 3 N–H and O–H groups in total. The Morgan fingerprint density at radius 3 is 2.17 bits per heavy atom. The van der Waals surface area contributed by atoms with Crippen LogP contribution in [0.15, 0.2) is 165 Å². The maximum atomic E-state index is 13.7. The van der Waals surface area contributed by atoms with Gasteiger partial charge in [-0.15, -0.1) is 11.8 Å². The van der Waals surface area contributed by atoms with Gasteiger partial charge in [0.1, 0.15) is 22.5 Å². The third kappa shape index (κ3) is 8.57. The normalized spacial score (nSPS) is 11.9. The van der Waals surface area contributed by atoms with Gasteiger partial charge in [-0.25, -0.2) is 4.98 Å². The van der Waals surface area contributed by atoms with Gasteiger partial charge in [0, 0.05) is 32.3 Å². The molecule has 0 unspecified atom stereocenters. The molecule has 7 rings (SSSR count). The zero-order valence-electron chi connectivity index (χ0n) is 27.3. The number of aromatic nitrogens is 1. The van der Waals surface area contributed by atoms with E-state index >= 15 is 0 Å². The molecule has 0 radical (unpaired) electrons. The molecule has 0 saturated carbocycles. The van der Waals surface area contributed by atoms with Crippen molar-refractivity contribution in [1.29, 1.82) is 0 Å². The van der Waals surface area contributed by atoms with Gasteiger partial charge in [0.2, 0.25) is 5.91 Å². The van der Waals surface area contributed by atoms with Gasteiger partial charge in [-0.3, -0.25) is 14.4 Å². The van der Waals surface area contributed by atoms with Gasteiger partial charge in [0.25, 0.3) is 11.8 Å². The van der Waals surface area contributed by atoms with Crippen molar-refractivity contribution < 1.29 is 18.8 Å². The van der Waals surface area contributed by atoms with E-state index in [1.54, 1.807) is 42.5 Å². The quantitative estimate of drug-likeness (QED) is 0.0889. The molecule has 7 aromatic rings. The molecule has 256 valence electrons. The number of fused-ring (bicyclic) bond motifs is 1. The fourth-order valence-electron chi connectivity index (χ4n) is 5.23. The summed E-state index contributed by atoms with van der Waals surface area (Å²) in [7, 11) is 0. The van der Waals surface area contributed by atoms with Crippen LogP contribution in [0, 0.1) is 0 Å². The summed E-state index contributed by atoms with van der Waals surface area (Å²) in [6, 6.07) is 44.3. The van der Waals surface area contributed by atoms with Crippen LogP contribution in [0.25, 0.3) is 27.6 Å². The van der Waals surface area contributed by atoms with Crippen molar-refractivity contribution in [1.82, 2.24) is 10.3 Å². The molecule has 11 heteroatoms. The molecule has 0 saturated heterocycles. The Kier molecular flexibility index (Phi) is 10.7. The first kappa shape index (κ1) is 34.7. The molecule has 3 amide bonds. The average molecular weight is 786 g/mol. The summed E-state index contributed by atoms with van der Waals surface area (Å²) in [4.78, 5) is 45.8. The topological polar surface area (TPSA) is 113 Å². The maximum absolute atomic E-state index is 13.7. The van der Waals surface area contributed by atoms with Crippen molar-refractivity contribution in [2.75, 3.05) is 10.6 Å². The second-order valence-corrected chi connectivity index (χ2v) is 14.6. The fraction of sp³-hybridized carbons (Fsp3) is 0.0244. The Labute approximate surface area is 316 Å². The van der Waals surface area contributed by atoms with Crippen molar-refractivity contribution in [3.8, 4) is 11.3 Å². The predicted octanol–water partition coefficient (Wildman–Crippen LogP) is 10.2. The Balaban J connectivity index is 1.08. The molecule has 8 nitrogen and oxygen atoms in total. The molecule has 0 fully saturated rings. The first-order chi connectivity index (χ1) is 25.4. The number of anilines is 2. The SMILES string of the molecule is O=C(Nc1ccc(S[C@@H](C(=O)Nc2nc3ccccc3s2)c2ccccc2)cc1)/C(=C/c1ccc(-c2ccc(Br)cc2)o1)NC(=O)c1ccccc1. The smallest absolute Gasteiger partial charge is 0.272 e. The number of thiazole rings is 1. The number of rotatable bonds is 11. The van der Waals surface area contributed by atoms with Crippen molar-refractivity contribution in [2.24, 2.45) is 0 Å². The number of benzene rings is 5. The summed E-state index contributed by atoms with van der Waals surface area (Å²) in [5.74, 6) is -0.172. The van der Waals surface area contributed by atoms with E-state index in [1.807, 2.05) is 103 Å². The van der Waals surface area contributed by atoms with Gasteiger partial charge < -0.3 is 20.4 Å². The molecular formula is C41H29BrN4O4S2. The Hall–Kier alpha value is -5.75. The van der Waals surface area contributed by atoms with Crippen molar-refractivity contribution in [2.45, 2.75) is 10.1 Å². The van der Waals surface area contributed by atoms with E-state index < -0.39 is 17.1 Å². The molecule has 0 spiro atoms. The standard InChI is InChI=1S/C41H29BrN4O4S2/c42-29-17-15-26(16-18-29)35-24-21-31(50-35)25-34(44-38(47)28-11-5-2-6-12-28)39(48)43-30-19-22-32(23-20-30)51-37(27-9-3-1-4-10-27)40(49)46-41-45-33-13-7-8-14-36(33)52-41/h1-25,37H,(H,43,48)(H,44,47)(H,45,46,49)/b34-25-/t37-/m1/s1. The van der Waals surface area contributed by atoms with Crippen molar-refractivity contribution in [3.63, 3.8) is 0 Å². The highest BCUT2D eigenvalue weighted by atomic mass is 79.9. The third-order valence-electron chi connectivity index (χ3n) is 7.80. The number of carbonyl (C=O) groups excluding carboxylic acids is 3. The van der Waals surface area contributed by atoms with Crippen LogP contribution in [0.1, 0.15) is 26.9 Å². The van der Waals surface area contributed by atoms with E-state index in [1.165, 1.54) is 29.2 Å². The van der Waals surface area contributed by atoms with Gasteiger partial charge in [0.15, 0.2) is 5.13 Å². The van der Waals surface area contributed by atoms with E-state index in [2.05, 4.69) is 36.9 Å². The van der Waals surface area contributed by atoms with Crippen LogP contribution in [-0.4, -0.2) is 22.7 Å². The summed E-state index contributed by atoms with van der Waals surface area (Å²) < 4.78 is 7.96. The lowest BCUT2D eigenvalue weighted by molar-refractivity contribution is -0.116. The second-order valence-electron chi connectivity index (χ2n) is 11.5. The van der Waals surface area contributed by atoms with E-state index in [9.17, 15) is 14.4 Å². The number of hydrogen-bond acceptors (Lipinski definition) is 7. The number of nitrogens with zero attached hydrogens (tertiary/aromatic N) is 1. The molecule has 0 aliphatic carbocycles. The molecule has 0 aliphatic heterocycles. The fourth-order valence-corrected chi connectivity index (χ4v) is 7.39. The summed E-state index contributed by atoms with van der Waals surface area (Å²) in [6.45, 7) is 0. The second kappa shape index (κ2) is 16.1. The van der Waals surface area contributed by atoms with Crippen molar-refractivity contribution in [3.05, 3.63) is 173 Å². The molecule has 0 bridgehead atoms. The highest BCUT2D eigenvalue weighted by Crippen LogP contribution is 2.37. The third-order valence-corrected chi connectivity index (χ3v) is 10.5. The number of furan rings is 1. The highest BCUT2D eigenvalue weighted by Gasteiger charge is 2.24. The average Bonchev–Trinajstić information content (AvgIpc) is 3.82. The van der Waals surface area contributed by atoms with E-state index in [0.29, 0.717) is 27.9 Å². The molecular weight excluding hydrogens is 757 g/mol. The summed E-state index contributed by atoms with van der Waals surface area (Å²) >= 11 is 6.26. The number of nitrogens with one attached hydrogen (secondary N) is 3. The minimum atomic E-state index is -0.563. The highest BCUT2D eigenvalue weighted by molar-refractivity contribution is 9.10. The van der Waals surface area contributed by atoms with E-state index in [4.69, 9.17) is 4.42 Å². The number of amides is 3. The molecule has 5 aromatic carbocycles. The lowest BCUT2D eigenvalue weighted by atomic mass is 10.1. The lowest BCUT2D eigenvalue weighted by Crippen LogP contribution is -2.30. The van der Waals surface area contributed by atoms with E-state index in [0.717, 1.165) is 30.7 Å². The molecule has 1 atom stereocenters. The van der Waals surface area contributed by atoms with Gasteiger partial charge in [0.05, 0.1) is 10.2 Å². The summed E-state index contributed by atoms with van der Waals surface area (Å²) in [5, 5.41) is 8.60. The Bertz CT molecular complexity index is 2340. The van der Waals surface area contributed by atoms with Gasteiger partial charge >= 0.3 is 0 Å². The zero-order valence-corrected chi connectivity index (χ0v) is 30.5. The largest absolute Gasteiger partial charge is 0.457 e. The first-order valence-electron chi connectivity index (χ1n) is 16.1. The molecule has 2 heterocycles. The number of para-hydroxylation sites is 1. The molecule has 52 heavy (non-hydrogen) atoms.